The van der Waals surface area contributed by atoms with Crippen LogP contribution in [0.3, 0.4) is 0 Å². The molecule has 1 N–H and O–H groups in total. The smallest absolute Gasteiger partial charge is 0.262 e. The highest BCUT2D eigenvalue weighted by atomic mass is 32.2. The lowest BCUT2D eigenvalue weighted by molar-refractivity contribution is -0.118. The zero-order valence-corrected chi connectivity index (χ0v) is 20.6. The number of amides is 1. The highest BCUT2D eigenvalue weighted by Gasteiger charge is 2.17. The lowest BCUT2D eigenvalue weighted by atomic mass is 10.1. The van der Waals surface area contributed by atoms with E-state index >= 15 is 0 Å². The summed E-state index contributed by atoms with van der Waals surface area (Å²) in [5.41, 5.74) is 2.74. The normalized spacial score (nSPS) is 11.1. The lowest BCUT2D eigenvalue weighted by Crippen LogP contribution is -2.25. The maximum absolute atomic E-state index is 13.3. The number of nitrogens with zero attached hydrogens (tertiary/aromatic N) is 4. The largest absolute Gasteiger partial charge is 0.497 e. The molecular formula is C27H25N5O3S. The van der Waals surface area contributed by atoms with E-state index in [0.29, 0.717) is 35.8 Å². The fourth-order valence-electron chi connectivity index (χ4n) is 4.04. The molecule has 0 fully saturated rings. The number of thioether (sulfide) groups is 1. The molecule has 5 aromatic rings. The van der Waals surface area contributed by atoms with E-state index < -0.39 is 0 Å². The Kier molecular flexibility index (Phi) is 6.99. The molecule has 2 aromatic heterocycles. The first-order chi connectivity index (χ1) is 17.6. The number of hydrogen-bond donors (Lipinski definition) is 1. The summed E-state index contributed by atoms with van der Waals surface area (Å²) in [6.45, 7) is 0.897. The van der Waals surface area contributed by atoms with Crippen LogP contribution in [0.5, 0.6) is 5.75 Å². The third kappa shape index (κ3) is 4.96. The van der Waals surface area contributed by atoms with Crippen molar-refractivity contribution < 1.29 is 9.53 Å². The highest BCUT2D eigenvalue weighted by Crippen LogP contribution is 2.22. The molecule has 0 unspecified atom stereocenters. The molecule has 5 rings (SSSR count). The van der Waals surface area contributed by atoms with Gasteiger partial charge in [0.15, 0.2) is 5.16 Å². The van der Waals surface area contributed by atoms with Crippen molar-refractivity contribution in [3.63, 3.8) is 0 Å². The summed E-state index contributed by atoms with van der Waals surface area (Å²) in [6.07, 6.45) is 0.692. The van der Waals surface area contributed by atoms with Crippen molar-refractivity contribution in [2.45, 2.75) is 24.7 Å². The minimum atomic E-state index is -0.116. The van der Waals surface area contributed by atoms with Gasteiger partial charge in [0.2, 0.25) is 11.7 Å². The van der Waals surface area contributed by atoms with Gasteiger partial charge in [0.25, 0.3) is 5.56 Å². The first-order valence-corrected chi connectivity index (χ1v) is 12.6. The molecule has 2 heterocycles. The van der Waals surface area contributed by atoms with E-state index in [1.54, 1.807) is 11.7 Å². The minimum Gasteiger partial charge on any atom is -0.497 e. The second-order valence-electron chi connectivity index (χ2n) is 8.24. The molecule has 0 aliphatic rings. The number of rotatable bonds is 9. The predicted molar refractivity (Wildman–Crippen MR) is 140 cm³/mol. The Morgan fingerprint density at radius 1 is 0.944 bits per heavy atom. The Morgan fingerprint density at radius 2 is 1.69 bits per heavy atom. The SMILES string of the molecule is COc1ccc(CNC(=O)CSc2nnc3n(CCc4ccccc4)c(=O)c4ccccc4n23)cc1. The Bertz CT molecular complexity index is 1560. The van der Waals surface area contributed by atoms with E-state index in [9.17, 15) is 9.59 Å². The van der Waals surface area contributed by atoms with Crippen LogP contribution in [-0.4, -0.2) is 37.9 Å². The summed E-state index contributed by atoms with van der Waals surface area (Å²) in [5.74, 6) is 1.30. The maximum atomic E-state index is 13.3. The Balaban J connectivity index is 1.36. The molecule has 1 amide bonds. The van der Waals surface area contributed by atoms with Crippen LogP contribution in [0, 0.1) is 0 Å². The number of nitrogens with one attached hydrogen (secondary N) is 1. The van der Waals surface area contributed by atoms with Crippen LogP contribution >= 0.6 is 11.8 Å². The molecule has 0 saturated heterocycles. The molecule has 3 aromatic carbocycles. The van der Waals surface area contributed by atoms with Crippen molar-refractivity contribution in [1.29, 1.82) is 0 Å². The van der Waals surface area contributed by atoms with E-state index in [1.165, 1.54) is 11.8 Å². The summed E-state index contributed by atoms with van der Waals surface area (Å²) < 4.78 is 8.69. The van der Waals surface area contributed by atoms with Crippen molar-refractivity contribution >= 4 is 34.3 Å². The van der Waals surface area contributed by atoms with Crippen LogP contribution in [0.2, 0.25) is 0 Å². The molecule has 8 nitrogen and oxygen atoms in total. The Labute approximate surface area is 211 Å². The molecule has 0 radical (unpaired) electrons. The van der Waals surface area contributed by atoms with Crippen LogP contribution in [0.4, 0.5) is 0 Å². The average Bonchev–Trinajstić information content (AvgIpc) is 3.35. The zero-order valence-electron chi connectivity index (χ0n) is 19.8. The van der Waals surface area contributed by atoms with Gasteiger partial charge in [0.1, 0.15) is 5.75 Å². The van der Waals surface area contributed by atoms with Gasteiger partial charge in [-0.25, -0.2) is 0 Å². The molecule has 36 heavy (non-hydrogen) atoms. The first kappa shape index (κ1) is 23.6. The highest BCUT2D eigenvalue weighted by molar-refractivity contribution is 7.99. The van der Waals surface area contributed by atoms with Crippen LogP contribution in [-0.2, 0) is 24.3 Å². The summed E-state index contributed by atoms with van der Waals surface area (Å²) >= 11 is 1.29. The number of carbonyl (C=O) groups is 1. The maximum Gasteiger partial charge on any atom is 0.262 e. The van der Waals surface area contributed by atoms with Crippen LogP contribution < -0.4 is 15.6 Å². The van der Waals surface area contributed by atoms with Crippen LogP contribution in [0.25, 0.3) is 16.7 Å². The standard InChI is InChI=1S/C27H25N5O3S/c1-35-21-13-11-20(12-14-21)17-28-24(33)18-36-27-30-29-26-31(16-15-19-7-3-2-4-8-19)25(34)22-9-5-6-10-23(22)32(26)27/h2-14H,15-18H2,1H3,(H,28,33). The summed E-state index contributed by atoms with van der Waals surface area (Å²) in [5, 5.41) is 12.8. The van der Waals surface area contributed by atoms with Gasteiger partial charge in [0.05, 0.1) is 23.8 Å². The van der Waals surface area contributed by atoms with E-state index in [0.717, 1.165) is 22.4 Å². The van der Waals surface area contributed by atoms with Gasteiger partial charge in [-0.1, -0.05) is 66.4 Å². The van der Waals surface area contributed by atoms with Gasteiger partial charge >= 0.3 is 0 Å². The number of benzene rings is 3. The molecule has 0 spiro atoms. The van der Waals surface area contributed by atoms with E-state index in [1.807, 2.05) is 83.3 Å². The molecule has 9 heteroatoms. The molecule has 0 bridgehead atoms. The molecule has 0 atom stereocenters. The molecule has 0 saturated carbocycles. The molecule has 0 aliphatic carbocycles. The fraction of sp³-hybridized carbons (Fsp3) is 0.185. The quantitative estimate of drug-likeness (QED) is 0.311. The number of hydrogen-bond acceptors (Lipinski definition) is 6. The van der Waals surface area contributed by atoms with Crippen molar-refractivity contribution in [2.24, 2.45) is 0 Å². The first-order valence-electron chi connectivity index (χ1n) is 11.6. The monoisotopic (exact) mass is 499 g/mol. The third-order valence-corrected chi connectivity index (χ3v) is 6.86. The second-order valence-corrected chi connectivity index (χ2v) is 9.18. The summed E-state index contributed by atoms with van der Waals surface area (Å²) in [7, 11) is 1.62. The minimum absolute atomic E-state index is 0.102. The zero-order chi connectivity index (χ0) is 24.9. The number of para-hydroxylation sites is 1. The Hall–Kier alpha value is -4.11. The van der Waals surface area contributed by atoms with Crippen LogP contribution in [0.1, 0.15) is 11.1 Å². The molecular weight excluding hydrogens is 474 g/mol. The van der Waals surface area contributed by atoms with Gasteiger partial charge in [-0.3, -0.25) is 18.6 Å². The molecule has 182 valence electrons. The van der Waals surface area contributed by atoms with Crippen molar-refractivity contribution in [1.82, 2.24) is 24.5 Å². The molecule has 0 aliphatic heterocycles. The van der Waals surface area contributed by atoms with E-state index in [2.05, 4.69) is 15.5 Å². The summed E-state index contributed by atoms with van der Waals surface area (Å²) in [4.78, 5) is 25.8. The van der Waals surface area contributed by atoms with Crippen molar-refractivity contribution in [2.75, 3.05) is 12.9 Å². The number of ether oxygens (including phenoxy) is 1. The topological polar surface area (TPSA) is 90.5 Å². The van der Waals surface area contributed by atoms with Crippen LogP contribution in [0.15, 0.2) is 88.8 Å². The predicted octanol–water partition coefficient (Wildman–Crippen LogP) is 3.70. The van der Waals surface area contributed by atoms with Crippen molar-refractivity contribution in [3.8, 4) is 5.75 Å². The number of methoxy groups -OCH3 is 1. The summed E-state index contributed by atoms with van der Waals surface area (Å²) in [6, 6.07) is 25.0. The third-order valence-electron chi connectivity index (χ3n) is 5.93. The Morgan fingerprint density at radius 3 is 2.47 bits per heavy atom. The van der Waals surface area contributed by atoms with Gasteiger partial charge < -0.3 is 10.1 Å². The number of fused-ring (bicyclic) bond motifs is 3. The van der Waals surface area contributed by atoms with Gasteiger partial charge in [0, 0.05) is 13.1 Å². The van der Waals surface area contributed by atoms with E-state index in [-0.39, 0.29) is 17.2 Å². The van der Waals surface area contributed by atoms with Gasteiger partial charge in [-0.2, -0.15) is 0 Å². The van der Waals surface area contributed by atoms with Gasteiger partial charge in [-0.15, -0.1) is 10.2 Å². The number of aromatic nitrogens is 4. The van der Waals surface area contributed by atoms with E-state index in [4.69, 9.17) is 4.74 Å². The number of carbonyl (C=O) groups excluding carboxylic acids is 1. The second kappa shape index (κ2) is 10.7. The average molecular weight is 500 g/mol. The number of aryl methyl sites for hydroxylation is 2. The lowest BCUT2D eigenvalue weighted by Gasteiger charge is -2.11. The van der Waals surface area contributed by atoms with Gasteiger partial charge in [-0.05, 0) is 41.8 Å². The van der Waals surface area contributed by atoms with Crippen molar-refractivity contribution in [3.05, 3.63) is 100 Å². The fourth-order valence-corrected chi connectivity index (χ4v) is 4.81.